The molecule has 0 unspecified atom stereocenters. The summed E-state index contributed by atoms with van der Waals surface area (Å²) in [6.07, 6.45) is 1.35. The molecular weight excluding hydrogens is 434 g/mol. The van der Waals surface area contributed by atoms with Crippen LogP contribution in [0.5, 0.6) is 0 Å². The molecule has 7 nitrogen and oxygen atoms in total. The van der Waals surface area contributed by atoms with Gasteiger partial charge in [-0.25, -0.2) is 13.1 Å². The maximum atomic E-state index is 12.8. The highest BCUT2D eigenvalue weighted by atomic mass is 79.9. The van der Waals surface area contributed by atoms with Crippen molar-refractivity contribution in [3.8, 4) is 0 Å². The number of halogens is 1. The van der Waals surface area contributed by atoms with Crippen LogP contribution in [0.3, 0.4) is 0 Å². The smallest absolute Gasteiger partial charge is 0.228 e. The second-order valence-corrected chi connectivity index (χ2v) is 9.88. The minimum atomic E-state index is -3.30. The highest BCUT2D eigenvalue weighted by molar-refractivity contribution is 9.10. The molecule has 0 bridgehead atoms. The normalized spacial score (nSPS) is 23.3. The Hall–Kier alpha value is -1.45. The van der Waals surface area contributed by atoms with Crippen LogP contribution in [0.15, 0.2) is 28.7 Å². The zero-order valence-electron chi connectivity index (χ0n) is 15.2. The maximum Gasteiger partial charge on any atom is 0.228 e. The van der Waals surface area contributed by atoms with Crippen molar-refractivity contribution in [1.29, 1.82) is 0 Å². The predicted octanol–water partition coefficient (Wildman–Crippen LogP) is 1.73. The van der Waals surface area contributed by atoms with Crippen LogP contribution in [0.25, 0.3) is 0 Å². The summed E-state index contributed by atoms with van der Waals surface area (Å²) in [7, 11) is -3.30. The van der Waals surface area contributed by atoms with E-state index in [1.807, 2.05) is 31.2 Å². The molecule has 0 saturated carbocycles. The summed E-state index contributed by atoms with van der Waals surface area (Å²) in [6, 6.07) is 7.21. The summed E-state index contributed by atoms with van der Waals surface area (Å²) < 4.78 is 27.4. The molecule has 0 spiro atoms. The molecule has 0 radical (unpaired) electrons. The van der Waals surface area contributed by atoms with Gasteiger partial charge in [0, 0.05) is 42.3 Å². The van der Waals surface area contributed by atoms with E-state index in [4.69, 9.17) is 0 Å². The van der Waals surface area contributed by atoms with Crippen molar-refractivity contribution in [2.24, 2.45) is 5.92 Å². The molecule has 0 aliphatic carbocycles. The maximum absolute atomic E-state index is 12.8. The standard InChI is InChI=1S/C18H24BrN3O4S/c1-2-8-27(25,26)20-15-6-7-21(12-15)18(24)13-9-17(23)22(11-13)16-5-3-4-14(19)10-16/h3-5,10,13,15,20H,2,6-9,11-12H2,1H3/t13-,15-/m0/s1. The van der Waals surface area contributed by atoms with Gasteiger partial charge in [-0.1, -0.05) is 28.9 Å². The van der Waals surface area contributed by atoms with Crippen molar-refractivity contribution in [3.05, 3.63) is 28.7 Å². The van der Waals surface area contributed by atoms with Crippen molar-refractivity contribution in [1.82, 2.24) is 9.62 Å². The Morgan fingerprint density at radius 1 is 1.33 bits per heavy atom. The lowest BCUT2D eigenvalue weighted by Gasteiger charge is -2.21. The first-order chi connectivity index (χ1) is 12.8. The van der Waals surface area contributed by atoms with E-state index in [0.717, 1.165) is 10.2 Å². The number of nitrogens with zero attached hydrogens (tertiary/aromatic N) is 2. The third-order valence-corrected chi connectivity index (χ3v) is 7.04. The molecule has 2 saturated heterocycles. The molecule has 0 aromatic heterocycles. The van der Waals surface area contributed by atoms with Crippen LogP contribution in [0.2, 0.25) is 0 Å². The number of sulfonamides is 1. The molecule has 1 N–H and O–H groups in total. The number of rotatable bonds is 6. The Balaban J connectivity index is 1.60. The van der Waals surface area contributed by atoms with Crippen LogP contribution < -0.4 is 9.62 Å². The van der Waals surface area contributed by atoms with Crippen molar-refractivity contribution in [2.75, 3.05) is 30.3 Å². The van der Waals surface area contributed by atoms with Gasteiger partial charge >= 0.3 is 0 Å². The van der Waals surface area contributed by atoms with Gasteiger partial charge in [-0.3, -0.25) is 9.59 Å². The van der Waals surface area contributed by atoms with Crippen molar-refractivity contribution < 1.29 is 18.0 Å². The lowest BCUT2D eigenvalue weighted by Crippen LogP contribution is -2.41. The highest BCUT2D eigenvalue weighted by Crippen LogP contribution is 2.29. The van der Waals surface area contributed by atoms with Crippen molar-refractivity contribution >= 4 is 43.5 Å². The van der Waals surface area contributed by atoms with Crippen molar-refractivity contribution in [2.45, 2.75) is 32.2 Å². The average Bonchev–Trinajstić information content (AvgIpc) is 3.20. The van der Waals surface area contributed by atoms with Gasteiger partial charge in [-0.2, -0.15) is 0 Å². The van der Waals surface area contributed by atoms with Crippen LogP contribution in [-0.4, -0.2) is 56.6 Å². The molecule has 2 aliphatic rings. The molecule has 1 aromatic rings. The van der Waals surface area contributed by atoms with Crippen LogP contribution in [0, 0.1) is 5.92 Å². The first-order valence-electron chi connectivity index (χ1n) is 9.14. The summed E-state index contributed by atoms with van der Waals surface area (Å²) in [5, 5.41) is 0. The molecule has 2 atom stereocenters. The predicted molar refractivity (Wildman–Crippen MR) is 107 cm³/mol. The number of amides is 2. The molecule has 9 heteroatoms. The van der Waals surface area contributed by atoms with E-state index in [1.165, 1.54) is 0 Å². The lowest BCUT2D eigenvalue weighted by atomic mass is 10.1. The number of nitrogens with one attached hydrogen (secondary N) is 1. The number of hydrogen-bond donors (Lipinski definition) is 1. The summed E-state index contributed by atoms with van der Waals surface area (Å²) >= 11 is 3.40. The van der Waals surface area contributed by atoms with Crippen LogP contribution >= 0.6 is 15.9 Å². The molecule has 2 fully saturated rings. The van der Waals surface area contributed by atoms with Gasteiger partial charge in [0.15, 0.2) is 0 Å². The van der Waals surface area contributed by atoms with Gasteiger partial charge < -0.3 is 9.80 Å². The number of carbonyl (C=O) groups is 2. The molecule has 2 amide bonds. The Labute approximate surface area is 168 Å². The third kappa shape index (κ3) is 4.89. The van der Waals surface area contributed by atoms with Gasteiger partial charge in [-0.15, -0.1) is 0 Å². The Morgan fingerprint density at radius 2 is 2.11 bits per heavy atom. The molecule has 3 rings (SSSR count). The quantitative estimate of drug-likeness (QED) is 0.704. The van der Waals surface area contributed by atoms with Gasteiger partial charge in [-0.05, 0) is 31.0 Å². The monoisotopic (exact) mass is 457 g/mol. The SMILES string of the molecule is CCCS(=O)(=O)N[C@H]1CCN(C(=O)[C@H]2CC(=O)N(c3cccc(Br)c3)C2)C1. The Kier molecular flexibility index (Phi) is 6.22. The van der Waals surface area contributed by atoms with E-state index in [1.54, 1.807) is 9.80 Å². The third-order valence-electron chi connectivity index (χ3n) is 4.91. The highest BCUT2D eigenvalue weighted by Gasteiger charge is 2.39. The molecule has 2 aliphatic heterocycles. The number of likely N-dealkylation sites (tertiary alicyclic amines) is 1. The van der Waals surface area contributed by atoms with Gasteiger partial charge in [0.1, 0.15) is 0 Å². The van der Waals surface area contributed by atoms with E-state index < -0.39 is 10.0 Å². The summed E-state index contributed by atoms with van der Waals surface area (Å²) in [6.45, 7) is 3.05. The minimum absolute atomic E-state index is 0.0640. The first kappa shape index (κ1) is 20.3. The van der Waals surface area contributed by atoms with Crippen LogP contribution in [0.1, 0.15) is 26.2 Å². The van der Waals surface area contributed by atoms with E-state index in [2.05, 4.69) is 20.7 Å². The van der Waals surface area contributed by atoms with Crippen molar-refractivity contribution in [3.63, 3.8) is 0 Å². The molecular formula is C18H24BrN3O4S. The first-order valence-corrected chi connectivity index (χ1v) is 11.6. The second kappa shape index (κ2) is 8.28. The fourth-order valence-electron chi connectivity index (χ4n) is 3.66. The minimum Gasteiger partial charge on any atom is -0.341 e. The topological polar surface area (TPSA) is 86.8 Å². The van der Waals surface area contributed by atoms with E-state index in [0.29, 0.717) is 32.5 Å². The van der Waals surface area contributed by atoms with E-state index in [9.17, 15) is 18.0 Å². The molecule has 27 heavy (non-hydrogen) atoms. The number of benzene rings is 1. The summed E-state index contributed by atoms with van der Waals surface area (Å²) in [5.41, 5.74) is 0.774. The lowest BCUT2D eigenvalue weighted by molar-refractivity contribution is -0.134. The summed E-state index contributed by atoms with van der Waals surface area (Å²) in [5.74, 6) is -0.428. The van der Waals surface area contributed by atoms with Crippen LogP contribution in [0.4, 0.5) is 5.69 Å². The fourth-order valence-corrected chi connectivity index (χ4v) is 5.41. The number of carbonyl (C=O) groups excluding carboxylic acids is 2. The Morgan fingerprint density at radius 3 is 2.81 bits per heavy atom. The van der Waals surface area contributed by atoms with Gasteiger partial charge in [0.25, 0.3) is 0 Å². The fraction of sp³-hybridized carbons (Fsp3) is 0.556. The largest absolute Gasteiger partial charge is 0.341 e. The van der Waals surface area contributed by atoms with E-state index in [-0.39, 0.29) is 35.9 Å². The van der Waals surface area contributed by atoms with Gasteiger partial charge in [0.2, 0.25) is 21.8 Å². The van der Waals surface area contributed by atoms with E-state index >= 15 is 0 Å². The average molecular weight is 458 g/mol. The molecule has 148 valence electrons. The Bertz CT molecular complexity index is 830. The number of anilines is 1. The molecule has 1 aromatic carbocycles. The van der Waals surface area contributed by atoms with Crippen LogP contribution in [-0.2, 0) is 19.6 Å². The second-order valence-electron chi connectivity index (χ2n) is 7.09. The zero-order valence-corrected chi connectivity index (χ0v) is 17.6. The zero-order chi connectivity index (χ0) is 19.6. The van der Waals surface area contributed by atoms with Gasteiger partial charge in [0.05, 0.1) is 11.7 Å². The molecule has 2 heterocycles. The number of hydrogen-bond acceptors (Lipinski definition) is 4. The summed E-state index contributed by atoms with van der Waals surface area (Å²) in [4.78, 5) is 28.5.